The lowest BCUT2D eigenvalue weighted by atomic mass is 10.0. The number of nitro benzene ring substituents is 2. The Morgan fingerprint density at radius 2 is 1.89 bits per heavy atom. The minimum Gasteiger partial charge on any atom is -0.444 e. The van der Waals surface area contributed by atoms with Crippen molar-refractivity contribution in [3.8, 4) is 0 Å². The summed E-state index contributed by atoms with van der Waals surface area (Å²) in [7, 11) is 0. The zero-order valence-corrected chi connectivity index (χ0v) is 19.9. The van der Waals surface area contributed by atoms with E-state index in [2.05, 4.69) is 10.3 Å². The quantitative estimate of drug-likeness (QED) is 0.386. The molecule has 2 N–H and O–H groups in total. The van der Waals surface area contributed by atoms with Crippen molar-refractivity contribution in [1.82, 2.24) is 10.3 Å². The van der Waals surface area contributed by atoms with Crippen LogP contribution in [0.1, 0.15) is 31.9 Å². The first-order chi connectivity index (χ1) is 16.9. The first-order valence-corrected chi connectivity index (χ1v) is 11.3. The number of nitrogens with zero attached hydrogens (tertiary/aromatic N) is 3. The number of carbonyl (C=O) groups excluding carboxylic acids is 2. The number of carbonyl (C=O) groups is 2. The van der Waals surface area contributed by atoms with Crippen molar-refractivity contribution in [2.75, 3.05) is 11.4 Å². The van der Waals surface area contributed by atoms with Crippen LogP contribution in [0.2, 0.25) is 0 Å². The smallest absolute Gasteiger partial charge is 0.408 e. The summed E-state index contributed by atoms with van der Waals surface area (Å²) < 4.78 is 5.35. The van der Waals surface area contributed by atoms with E-state index >= 15 is 0 Å². The molecule has 0 bridgehead atoms. The highest BCUT2D eigenvalue weighted by molar-refractivity contribution is 6.03. The molecule has 36 heavy (non-hydrogen) atoms. The minimum atomic E-state index is -1.11. The van der Waals surface area contributed by atoms with Gasteiger partial charge in [-0.15, -0.1) is 0 Å². The predicted molar refractivity (Wildman–Crippen MR) is 131 cm³/mol. The molecule has 0 radical (unpaired) electrons. The number of para-hydroxylation sites is 1. The summed E-state index contributed by atoms with van der Waals surface area (Å²) in [4.78, 5) is 52.3. The molecule has 2 amide bonds. The molecule has 1 aliphatic rings. The SMILES string of the molecule is CC(C)(C)OC(=O)N[C@@H](Cc1c[nH]c2ccccc12)C(=O)N1CCc2cc([N+](=O)[O-])cc([N+](=O)[O-])c21. The third kappa shape index (κ3) is 4.97. The third-order valence-electron chi connectivity index (χ3n) is 5.79. The number of hydrogen-bond acceptors (Lipinski definition) is 7. The number of non-ortho nitro benzene ring substituents is 1. The van der Waals surface area contributed by atoms with Gasteiger partial charge in [0.15, 0.2) is 0 Å². The number of nitro groups is 2. The molecule has 4 rings (SSSR count). The van der Waals surface area contributed by atoms with E-state index in [1.165, 1.54) is 11.0 Å². The number of benzene rings is 2. The van der Waals surface area contributed by atoms with Crippen LogP contribution in [0.4, 0.5) is 21.9 Å². The molecule has 12 nitrogen and oxygen atoms in total. The Kier molecular flexibility index (Phi) is 6.35. The van der Waals surface area contributed by atoms with E-state index in [4.69, 9.17) is 4.74 Å². The van der Waals surface area contributed by atoms with E-state index in [0.29, 0.717) is 5.56 Å². The van der Waals surface area contributed by atoms with Crippen LogP contribution in [0, 0.1) is 20.2 Å². The second-order valence-corrected chi connectivity index (χ2v) is 9.49. The van der Waals surface area contributed by atoms with Crippen LogP contribution in [0.5, 0.6) is 0 Å². The van der Waals surface area contributed by atoms with Crippen molar-refractivity contribution in [3.63, 3.8) is 0 Å². The number of amides is 2. The van der Waals surface area contributed by atoms with E-state index < -0.39 is 44.9 Å². The van der Waals surface area contributed by atoms with Crippen molar-refractivity contribution < 1.29 is 24.2 Å². The van der Waals surface area contributed by atoms with E-state index in [1.54, 1.807) is 27.0 Å². The summed E-state index contributed by atoms with van der Waals surface area (Å²) in [6, 6.07) is 8.45. The monoisotopic (exact) mass is 495 g/mol. The van der Waals surface area contributed by atoms with Gasteiger partial charge in [0.2, 0.25) is 5.91 Å². The molecular formula is C24H25N5O7. The summed E-state index contributed by atoms with van der Waals surface area (Å²) in [5, 5.41) is 26.5. The van der Waals surface area contributed by atoms with Crippen LogP contribution < -0.4 is 10.2 Å². The maximum Gasteiger partial charge on any atom is 0.408 e. The van der Waals surface area contributed by atoms with Gasteiger partial charge in [-0.1, -0.05) is 18.2 Å². The van der Waals surface area contributed by atoms with Crippen LogP contribution in [0.25, 0.3) is 10.9 Å². The molecule has 1 atom stereocenters. The molecule has 0 saturated heterocycles. The van der Waals surface area contributed by atoms with Crippen molar-refractivity contribution in [1.29, 1.82) is 0 Å². The van der Waals surface area contributed by atoms with E-state index in [1.807, 2.05) is 24.3 Å². The lowest BCUT2D eigenvalue weighted by Crippen LogP contribution is -2.50. The number of hydrogen-bond donors (Lipinski definition) is 2. The second kappa shape index (κ2) is 9.29. The fourth-order valence-electron chi connectivity index (χ4n) is 4.33. The molecule has 1 aliphatic heterocycles. The first-order valence-electron chi connectivity index (χ1n) is 11.3. The van der Waals surface area contributed by atoms with Crippen molar-refractivity contribution >= 4 is 40.0 Å². The number of rotatable bonds is 6. The Bertz CT molecular complexity index is 1370. The molecule has 0 aliphatic carbocycles. The second-order valence-electron chi connectivity index (χ2n) is 9.49. The molecular weight excluding hydrogens is 470 g/mol. The van der Waals surface area contributed by atoms with E-state index in [9.17, 15) is 29.8 Å². The molecule has 188 valence electrons. The van der Waals surface area contributed by atoms with E-state index in [-0.39, 0.29) is 25.1 Å². The largest absolute Gasteiger partial charge is 0.444 e. The Hall–Kier alpha value is -4.48. The molecule has 0 fully saturated rings. The molecule has 3 aromatic rings. The highest BCUT2D eigenvalue weighted by Crippen LogP contribution is 2.40. The molecule has 0 saturated carbocycles. The van der Waals surface area contributed by atoms with Crippen molar-refractivity contribution in [2.45, 2.75) is 45.3 Å². The fraction of sp³-hybridized carbons (Fsp3) is 0.333. The molecule has 0 unspecified atom stereocenters. The number of nitrogens with one attached hydrogen (secondary N) is 2. The fourth-order valence-corrected chi connectivity index (χ4v) is 4.33. The van der Waals surface area contributed by atoms with Crippen LogP contribution in [0.3, 0.4) is 0 Å². The topological polar surface area (TPSA) is 161 Å². The van der Waals surface area contributed by atoms with Gasteiger partial charge in [-0.05, 0) is 44.4 Å². The Labute approximate surface area is 205 Å². The number of fused-ring (bicyclic) bond motifs is 2. The zero-order chi connectivity index (χ0) is 26.2. The van der Waals surface area contributed by atoms with Gasteiger partial charge < -0.3 is 19.9 Å². The van der Waals surface area contributed by atoms with Crippen LogP contribution in [-0.2, 0) is 22.4 Å². The average molecular weight is 495 g/mol. The van der Waals surface area contributed by atoms with Crippen LogP contribution in [0.15, 0.2) is 42.6 Å². The number of aromatic nitrogens is 1. The summed E-state index contributed by atoms with van der Waals surface area (Å²) in [6.07, 6.45) is 1.23. The van der Waals surface area contributed by atoms with Gasteiger partial charge >= 0.3 is 6.09 Å². The minimum absolute atomic E-state index is 0.00511. The maximum absolute atomic E-state index is 13.8. The lowest BCUT2D eigenvalue weighted by molar-refractivity contribution is -0.393. The molecule has 1 aromatic heterocycles. The lowest BCUT2D eigenvalue weighted by Gasteiger charge is -2.26. The van der Waals surface area contributed by atoms with Crippen LogP contribution in [-0.4, -0.2) is 45.0 Å². The van der Waals surface area contributed by atoms with Gasteiger partial charge in [0, 0.05) is 36.1 Å². The van der Waals surface area contributed by atoms with Crippen molar-refractivity contribution in [3.05, 3.63) is 74.0 Å². The Morgan fingerprint density at radius 1 is 1.17 bits per heavy atom. The molecule has 2 aromatic carbocycles. The molecule has 12 heteroatoms. The predicted octanol–water partition coefficient (Wildman–Crippen LogP) is 4.01. The average Bonchev–Trinajstić information content (AvgIpc) is 3.40. The van der Waals surface area contributed by atoms with Crippen molar-refractivity contribution in [2.24, 2.45) is 0 Å². The standard InChI is InChI=1S/C24H25N5O7/c1-24(2,3)36-23(31)26-19(11-15-13-25-18-7-5-4-6-17(15)18)22(30)27-9-8-14-10-16(28(32)33)12-20(21(14)27)29(34)35/h4-7,10,12-13,19,25H,8-9,11H2,1-3H3,(H,26,31)/t19-/m0/s1. The van der Waals surface area contributed by atoms with Gasteiger partial charge in [0.25, 0.3) is 11.4 Å². The number of ether oxygens (including phenoxy) is 1. The number of anilines is 1. The number of alkyl carbamates (subject to hydrolysis) is 1. The number of H-pyrrole nitrogens is 1. The van der Waals surface area contributed by atoms with Gasteiger partial charge in [0.05, 0.1) is 15.9 Å². The summed E-state index contributed by atoms with van der Waals surface area (Å²) in [5.74, 6) is -0.582. The molecule has 2 heterocycles. The zero-order valence-electron chi connectivity index (χ0n) is 19.9. The van der Waals surface area contributed by atoms with Gasteiger partial charge in [-0.25, -0.2) is 4.79 Å². The summed E-state index contributed by atoms with van der Waals surface area (Å²) in [5.41, 5.74) is 0.183. The normalized spacial score (nSPS) is 13.8. The van der Waals surface area contributed by atoms with Crippen LogP contribution >= 0.6 is 0 Å². The van der Waals surface area contributed by atoms with Gasteiger partial charge in [0.1, 0.15) is 17.3 Å². The van der Waals surface area contributed by atoms with Gasteiger partial charge in [-0.3, -0.25) is 25.0 Å². The maximum atomic E-state index is 13.8. The Morgan fingerprint density at radius 3 is 2.56 bits per heavy atom. The summed E-state index contributed by atoms with van der Waals surface area (Å²) >= 11 is 0. The summed E-state index contributed by atoms with van der Waals surface area (Å²) in [6.45, 7) is 5.15. The highest BCUT2D eigenvalue weighted by Gasteiger charge is 2.38. The number of aromatic amines is 1. The van der Waals surface area contributed by atoms with Gasteiger partial charge in [-0.2, -0.15) is 0 Å². The third-order valence-corrected chi connectivity index (χ3v) is 5.79. The van der Waals surface area contributed by atoms with E-state index in [0.717, 1.165) is 22.5 Å². The Balaban J connectivity index is 1.71. The molecule has 0 spiro atoms. The first kappa shape index (κ1) is 24.6. The highest BCUT2D eigenvalue weighted by atomic mass is 16.6.